The van der Waals surface area contributed by atoms with Crippen molar-refractivity contribution in [2.45, 2.75) is 19.1 Å². The van der Waals surface area contributed by atoms with E-state index in [1.807, 2.05) is 24.3 Å². The van der Waals surface area contributed by atoms with E-state index in [9.17, 15) is 14.7 Å². The van der Waals surface area contributed by atoms with Gasteiger partial charge in [0.2, 0.25) is 6.10 Å². The molecule has 32 heavy (non-hydrogen) atoms. The summed E-state index contributed by atoms with van der Waals surface area (Å²) in [6, 6.07) is 17.7. The first-order valence-electron chi connectivity index (χ1n) is 9.94. The highest BCUT2D eigenvalue weighted by molar-refractivity contribution is 5.97. The normalized spacial score (nSPS) is 11.9. The van der Waals surface area contributed by atoms with Gasteiger partial charge < -0.3 is 25.1 Å². The lowest BCUT2D eigenvalue weighted by Gasteiger charge is -2.19. The Morgan fingerprint density at radius 3 is 2.56 bits per heavy atom. The van der Waals surface area contributed by atoms with Gasteiger partial charge in [0.15, 0.2) is 0 Å². The van der Waals surface area contributed by atoms with Crippen molar-refractivity contribution in [3.05, 3.63) is 89.9 Å². The van der Waals surface area contributed by atoms with Crippen LogP contribution >= 0.6 is 0 Å². The maximum Gasteiger partial charge on any atom is 0.349 e. The summed E-state index contributed by atoms with van der Waals surface area (Å²) >= 11 is 0. The number of carboxylic acids is 2. The number of rotatable bonds is 8. The van der Waals surface area contributed by atoms with Crippen LogP contribution in [-0.2, 0) is 22.6 Å². The molecular weight excluding hydrogens is 410 g/mol. The Kier molecular flexibility index (Phi) is 5.91. The van der Waals surface area contributed by atoms with Gasteiger partial charge in [-0.2, -0.15) is 0 Å². The molecular formula is C25H21NO6. The van der Waals surface area contributed by atoms with Crippen molar-refractivity contribution in [3.8, 4) is 16.9 Å². The molecule has 0 fully saturated rings. The Balaban J connectivity index is 1.80. The minimum atomic E-state index is -1.35. The van der Waals surface area contributed by atoms with Gasteiger partial charge in [-0.1, -0.05) is 36.4 Å². The zero-order valence-electron chi connectivity index (χ0n) is 17.0. The standard InChI is InChI=1S/C25H21NO6/c26-12-15-4-3-6-16(8-15)20-10-18(9-19-13-31-14-21(19)20)24(25(29)30)32-22-7-2-1-5-17(22)11-23(27)28/h1-10,13-14,24H,11-12,26H2,(H,27,28)(H,29,30). The second kappa shape index (κ2) is 8.95. The fourth-order valence-corrected chi connectivity index (χ4v) is 3.68. The third kappa shape index (κ3) is 4.33. The molecule has 0 aliphatic carbocycles. The third-order valence-corrected chi connectivity index (χ3v) is 5.18. The van der Waals surface area contributed by atoms with E-state index in [0.717, 1.165) is 27.5 Å². The monoisotopic (exact) mass is 431 g/mol. The Morgan fingerprint density at radius 1 is 1.00 bits per heavy atom. The number of nitrogens with two attached hydrogens (primary N) is 1. The van der Waals surface area contributed by atoms with Crippen LogP contribution in [0.5, 0.6) is 5.75 Å². The molecule has 1 heterocycles. The van der Waals surface area contributed by atoms with E-state index in [-0.39, 0.29) is 12.2 Å². The molecule has 0 aliphatic rings. The number of carbonyl (C=O) groups is 2. The van der Waals surface area contributed by atoms with Gasteiger partial charge in [-0.15, -0.1) is 0 Å². The smallest absolute Gasteiger partial charge is 0.349 e. The van der Waals surface area contributed by atoms with E-state index in [0.29, 0.717) is 17.7 Å². The summed E-state index contributed by atoms with van der Waals surface area (Å²) in [5.41, 5.74) is 9.19. The van der Waals surface area contributed by atoms with Gasteiger partial charge in [-0.3, -0.25) is 4.79 Å². The first-order chi connectivity index (χ1) is 15.5. The summed E-state index contributed by atoms with van der Waals surface area (Å²) < 4.78 is 11.2. The predicted octanol–water partition coefficient (Wildman–Crippen LogP) is 4.39. The van der Waals surface area contributed by atoms with Crippen LogP contribution in [0.3, 0.4) is 0 Å². The van der Waals surface area contributed by atoms with Crippen LogP contribution < -0.4 is 10.5 Å². The number of benzene rings is 3. The van der Waals surface area contributed by atoms with E-state index in [1.54, 1.807) is 48.9 Å². The van der Waals surface area contributed by atoms with Crippen molar-refractivity contribution in [3.63, 3.8) is 0 Å². The summed E-state index contributed by atoms with van der Waals surface area (Å²) in [4.78, 5) is 23.4. The predicted molar refractivity (Wildman–Crippen MR) is 118 cm³/mol. The van der Waals surface area contributed by atoms with E-state index < -0.39 is 18.0 Å². The van der Waals surface area contributed by atoms with Crippen LogP contribution in [0, 0.1) is 0 Å². The summed E-state index contributed by atoms with van der Waals surface area (Å²) in [6.07, 6.45) is 1.54. The largest absolute Gasteiger partial charge is 0.481 e. The molecule has 4 aromatic rings. The number of ether oxygens (including phenoxy) is 1. The molecule has 0 spiro atoms. The summed E-state index contributed by atoms with van der Waals surface area (Å²) in [5.74, 6) is -2.02. The van der Waals surface area contributed by atoms with Gasteiger partial charge in [0.1, 0.15) is 5.75 Å². The van der Waals surface area contributed by atoms with Crippen LogP contribution in [0.4, 0.5) is 0 Å². The molecule has 7 nitrogen and oxygen atoms in total. The number of fused-ring (bicyclic) bond motifs is 1. The van der Waals surface area contributed by atoms with Gasteiger partial charge in [0.25, 0.3) is 0 Å². The minimum Gasteiger partial charge on any atom is -0.481 e. The van der Waals surface area contributed by atoms with Gasteiger partial charge in [0, 0.05) is 28.4 Å². The van der Waals surface area contributed by atoms with Gasteiger partial charge >= 0.3 is 11.9 Å². The Labute approximate surface area is 183 Å². The molecule has 0 saturated heterocycles. The number of hydrogen-bond acceptors (Lipinski definition) is 5. The summed E-state index contributed by atoms with van der Waals surface area (Å²) in [6.45, 7) is 0.378. The van der Waals surface area contributed by atoms with E-state index in [1.165, 1.54) is 0 Å². The maximum absolute atomic E-state index is 12.2. The van der Waals surface area contributed by atoms with Gasteiger partial charge in [0.05, 0.1) is 18.9 Å². The molecule has 0 saturated carbocycles. The van der Waals surface area contributed by atoms with Gasteiger partial charge in [-0.25, -0.2) is 4.79 Å². The van der Waals surface area contributed by atoms with Crippen molar-refractivity contribution >= 4 is 22.7 Å². The molecule has 0 amide bonds. The highest BCUT2D eigenvalue weighted by Gasteiger charge is 2.25. The SMILES string of the molecule is NCc1cccc(-c2cc(C(Oc3ccccc3CC(=O)O)C(=O)O)cc3cocc23)c1. The van der Waals surface area contributed by atoms with Crippen molar-refractivity contribution in [1.82, 2.24) is 0 Å². The second-order valence-corrected chi connectivity index (χ2v) is 7.36. The first-order valence-corrected chi connectivity index (χ1v) is 9.94. The van der Waals surface area contributed by atoms with Crippen molar-refractivity contribution in [2.24, 2.45) is 5.73 Å². The van der Waals surface area contributed by atoms with Crippen molar-refractivity contribution in [2.75, 3.05) is 0 Å². The molecule has 0 bridgehead atoms. The quantitative estimate of drug-likeness (QED) is 0.378. The van der Waals surface area contributed by atoms with Crippen LogP contribution in [0.2, 0.25) is 0 Å². The molecule has 162 valence electrons. The average Bonchev–Trinajstić information content (AvgIpc) is 3.26. The van der Waals surface area contributed by atoms with E-state index in [4.69, 9.17) is 20.0 Å². The lowest BCUT2D eigenvalue weighted by Crippen LogP contribution is -2.19. The van der Waals surface area contributed by atoms with Crippen molar-refractivity contribution < 1.29 is 29.0 Å². The highest BCUT2D eigenvalue weighted by Crippen LogP contribution is 2.35. The third-order valence-electron chi connectivity index (χ3n) is 5.18. The molecule has 0 radical (unpaired) electrons. The Bertz CT molecular complexity index is 1290. The number of furan rings is 1. The molecule has 1 atom stereocenters. The molecule has 0 aliphatic heterocycles. The zero-order chi connectivity index (χ0) is 22.7. The van der Waals surface area contributed by atoms with E-state index in [2.05, 4.69) is 0 Å². The van der Waals surface area contributed by atoms with Crippen molar-refractivity contribution in [1.29, 1.82) is 0 Å². The molecule has 4 N–H and O–H groups in total. The summed E-state index contributed by atoms with van der Waals surface area (Å²) in [7, 11) is 0. The molecule has 7 heteroatoms. The zero-order valence-corrected chi connectivity index (χ0v) is 17.0. The molecule has 1 aromatic heterocycles. The molecule has 3 aromatic carbocycles. The number of hydrogen-bond donors (Lipinski definition) is 3. The summed E-state index contributed by atoms with van der Waals surface area (Å²) in [5, 5.41) is 20.7. The molecule has 1 unspecified atom stereocenters. The average molecular weight is 431 g/mol. The lowest BCUT2D eigenvalue weighted by molar-refractivity contribution is -0.145. The van der Waals surface area contributed by atoms with Crippen LogP contribution in [0.25, 0.3) is 21.9 Å². The van der Waals surface area contributed by atoms with Crippen LogP contribution in [0.1, 0.15) is 22.8 Å². The number of aliphatic carboxylic acids is 2. The highest BCUT2D eigenvalue weighted by atomic mass is 16.5. The Hall–Kier alpha value is -4.10. The number of para-hydroxylation sites is 1. The maximum atomic E-state index is 12.2. The fraction of sp³-hybridized carbons (Fsp3) is 0.120. The Morgan fingerprint density at radius 2 is 1.81 bits per heavy atom. The van der Waals surface area contributed by atoms with Gasteiger partial charge in [-0.05, 0) is 41.0 Å². The van der Waals surface area contributed by atoms with Crippen LogP contribution in [0.15, 0.2) is 77.6 Å². The minimum absolute atomic E-state index is 0.210. The lowest BCUT2D eigenvalue weighted by atomic mass is 9.95. The first kappa shape index (κ1) is 21.1. The second-order valence-electron chi connectivity index (χ2n) is 7.36. The topological polar surface area (TPSA) is 123 Å². The van der Waals surface area contributed by atoms with Crippen LogP contribution in [-0.4, -0.2) is 22.2 Å². The van der Waals surface area contributed by atoms with E-state index >= 15 is 0 Å². The fourth-order valence-electron chi connectivity index (χ4n) is 3.68. The number of carboxylic acid groups (broad SMARTS) is 2. The molecule has 4 rings (SSSR count).